The lowest BCUT2D eigenvalue weighted by atomic mass is 10.0. The number of carbonyl (C=O) groups excluding carboxylic acids is 3. The Bertz CT molecular complexity index is 1270. The molecule has 0 aliphatic carbocycles. The highest BCUT2D eigenvalue weighted by Gasteiger charge is 2.28. The number of ether oxygens (including phenoxy) is 3. The quantitative estimate of drug-likeness (QED) is 0.0197. The van der Waals surface area contributed by atoms with Gasteiger partial charge >= 0.3 is 25.7 Å². The summed E-state index contributed by atoms with van der Waals surface area (Å²) in [6.07, 6.45) is 52.8. The molecular formula is C58H109O11P. The smallest absolute Gasteiger partial charge is 0.462 e. The van der Waals surface area contributed by atoms with Gasteiger partial charge in [0, 0.05) is 19.3 Å². The summed E-state index contributed by atoms with van der Waals surface area (Å²) in [5, 5.41) is 9.80. The minimum absolute atomic E-state index is 0.162. The molecule has 0 radical (unpaired) electrons. The number of hydrogen-bond donors (Lipinski definition) is 2. The Balaban J connectivity index is 4.67. The van der Waals surface area contributed by atoms with Gasteiger partial charge in [0.05, 0.1) is 19.8 Å². The van der Waals surface area contributed by atoms with E-state index in [1.54, 1.807) is 0 Å². The fourth-order valence-corrected chi connectivity index (χ4v) is 9.13. The number of hydrogen-bond acceptors (Lipinski definition) is 10. The molecule has 0 bridgehead atoms. The molecule has 0 aromatic rings. The van der Waals surface area contributed by atoms with E-state index in [1.807, 2.05) is 0 Å². The fraction of sp³-hybridized carbons (Fsp3) is 0.879. The van der Waals surface area contributed by atoms with Crippen molar-refractivity contribution in [1.29, 1.82) is 0 Å². The summed E-state index contributed by atoms with van der Waals surface area (Å²) >= 11 is 0. The molecule has 0 heterocycles. The molecule has 3 unspecified atom stereocenters. The van der Waals surface area contributed by atoms with Gasteiger partial charge in [-0.3, -0.25) is 23.4 Å². The second kappa shape index (κ2) is 53.3. The monoisotopic (exact) mass is 1010 g/mol. The Kier molecular flexibility index (Phi) is 51.7. The van der Waals surface area contributed by atoms with Crippen molar-refractivity contribution >= 4 is 25.7 Å². The lowest BCUT2D eigenvalue weighted by molar-refractivity contribution is -0.161. The molecule has 0 spiro atoms. The Morgan fingerprint density at radius 2 is 0.657 bits per heavy atom. The van der Waals surface area contributed by atoms with Crippen LogP contribution in [0.1, 0.15) is 290 Å². The Morgan fingerprint density at radius 1 is 0.386 bits per heavy atom. The SMILES string of the molecule is CCCCCC/C=C\CCCCCCCC(=O)OC(CO)COP(=O)(O)OCC(COC(=O)CCCCCCCCCCCCCCCCCCC)OC(=O)CCCCCCC/C=C\CCCCCC. The van der Waals surface area contributed by atoms with Crippen LogP contribution in [0.15, 0.2) is 24.3 Å². The summed E-state index contributed by atoms with van der Waals surface area (Å²) in [6, 6.07) is 0. The van der Waals surface area contributed by atoms with Crippen LogP contribution in [0.4, 0.5) is 0 Å². The number of esters is 3. The van der Waals surface area contributed by atoms with E-state index in [4.69, 9.17) is 23.3 Å². The van der Waals surface area contributed by atoms with E-state index in [2.05, 4.69) is 45.1 Å². The fourth-order valence-electron chi connectivity index (χ4n) is 8.35. The van der Waals surface area contributed by atoms with Crippen LogP contribution in [0.3, 0.4) is 0 Å². The van der Waals surface area contributed by atoms with Crippen molar-refractivity contribution in [3.63, 3.8) is 0 Å². The van der Waals surface area contributed by atoms with E-state index in [0.29, 0.717) is 19.3 Å². The largest absolute Gasteiger partial charge is 0.472 e. The van der Waals surface area contributed by atoms with Crippen LogP contribution in [0.5, 0.6) is 0 Å². The summed E-state index contributed by atoms with van der Waals surface area (Å²) in [5.41, 5.74) is 0. The highest BCUT2D eigenvalue weighted by molar-refractivity contribution is 7.47. The van der Waals surface area contributed by atoms with Gasteiger partial charge in [-0.1, -0.05) is 225 Å². The average Bonchev–Trinajstić information content (AvgIpc) is 3.35. The van der Waals surface area contributed by atoms with E-state index in [0.717, 1.165) is 96.3 Å². The van der Waals surface area contributed by atoms with Crippen LogP contribution in [0, 0.1) is 0 Å². The minimum Gasteiger partial charge on any atom is -0.462 e. The number of carbonyl (C=O) groups is 3. The highest BCUT2D eigenvalue weighted by atomic mass is 31.2. The van der Waals surface area contributed by atoms with Gasteiger partial charge in [0.1, 0.15) is 12.7 Å². The van der Waals surface area contributed by atoms with E-state index in [-0.39, 0.29) is 25.9 Å². The van der Waals surface area contributed by atoms with E-state index in [1.165, 1.54) is 135 Å². The maximum absolute atomic E-state index is 12.9. The van der Waals surface area contributed by atoms with Gasteiger partial charge < -0.3 is 24.2 Å². The molecule has 0 saturated heterocycles. The molecule has 0 aromatic carbocycles. The summed E-state index contributed by atoms with van der Waals surface area (Å²) in [7, 11) is -4.74. The highest BCUT2D eigenvalue weighted by Crippen LogP contribution is 2.43. The van der Waals surface area contributed by atoms with Gasteiger partial charge in [-0.2, -0.15) is 0 Å². The maximum atomic E-state index is 12.9. The molecule has 12 heteroatoms. The predicted octanol–water partition coefficient (Wildman–Crippen LogP) is 17.0. The van der Waals surface area contributed by atoms with Crippen molar-refractivity contribution in [3.05, 3.63) is 24.3 Å². The molecule has 0 aliphatic rings. The van der Waals surface area contributed by atoms with Crippen molar-refractivity contribution in [2.45, 2.75) is 303 Å². The first-order valence-electron chi connectivity index (χ1n) is 29.2. The van der Waals surface area contributed by atoms with E-state index < -0.39 is 57.8 Å². The van der Waals surface area contributed by atoms with Gasteiger partial charge in [-0.25, -0.2) is 4.57 Å². The average molecular weight is 1010 g/mol. The van der Waals surface area contributed by atoms with Crippen LogP contribution in [0.25, 0.3) is 0 Å². The molecule has 3 atom stereocenters. The van der Waals surface area contributed by atoms with Gasteiger partial charge in [0.2, 0.25) is 0 Å². The number of phosphoric acid groups is 1. The molecule has 70 heavy (non-hydrogen) atoms. The standard InChI is InChI=1S/C58H109O11P/c1-4-7-10-13-16-19-22-25-26-27-28-31-32-35-38-41-44-47-56(60)65-51-55(69-58(62)49-46-43-40-37-34-30-24-21-18-15-12-9-6-3)53-67-70(63,64)66-52-54(50-59)68-57(61)48-45-42-39-36-33-29-23-20-17-14-11-8-5-2/h20-21,23-24,54-55,59H,4-19,22,25-53H2,1-3H3,(H,63,64)/b23-20-,24-21-. The van der Waals surface area contributed by atoms with Crippen molar-refractivity contribution < 1.29 is 52.2 Å². The molecule has 0 amide bonds. The summed E-state index contributed by atoms with van der Waals surface area (Å²) in [6.45, 7) is 4.64. The lowest BCUT2D eigenvalue weighted by Gasteiger charge is -2.21. The van der Waals surface area contributed by atoms with E-state index in [9.17, 15) is 28.9 Å². The third kappa shape index (κ3) is 50.9. The number of allylic oxidation sites excluding steroid dienone is 4. The number of aliphatic hydroxyl groups is 1. The zero-order valence-electron chi connectivity index (χ0n) is 45.5. The molecule has 0 fully saturated rings. The Morgan fingerprint density at radius 3 is 1.00 bits per heavy atom. The molecule has 2 N–H and O–H groups in total. The van der Waals surface area contributed by atoms with Crippen LogP contribution in [-0.2, 0) is 42.2 Å². The van der Waals surface area contributed by atoms with Crippen LogP contribution >= 0.6 is 7.82 Å². The molecule has 11 nitrogen and oxygen atoms in total. The van der Waals surface area contributed by atoms with E-state index >= 15 is 0 Å². The van der Waals surface area contributed by atoms with Gasteiger partial charge in [0.25, 0.3) is 0 Å². The number of rotatable bonds is 55. The normalized spacial score (nSPS) is 13.5. The Labute approximate surface area is 429 Å². The Hall–Kier alpha value is -2.04. The second-order valence-corrected chi connectivity index (χ2v) is 21.3. The maximum Gasteiger partial charge on any atom is 0.472 e. The van der Waals surface area contributed by atoms with Crippen molar-refractivity contribution in [2.24, 2.45) is 0 Å². The predicted molar refractivity (Wildman–Crippen MR) is 289 cm³/mol. The van der Waals surface area contributed by atoms with Crippen molar-refractivity contribution in [2.75, 3.05) is 26.4 Å². The lowest BCUT2D eigenvalue weighted by Crippen LogP contribution is -2.30. The van der Waals surface area contributed by atoms with Crippen LogP contribution < -0.4 is 0 Å². The second-order valence-electron chi connectivity index (χ2n) is 19.8. The third-order valence-corrected chi connectivity index (χ3v) is 13.8. The number of phosphoric ester groups is 1. The molecule has 0 aliphatic heterocycles. The minimum atomic E-state index is -4.74. The molecule has 0 aromatic heterocycles. The van der Waals surface area contributed by atoms with Crippen LogP contribution in [-0.4, -0.2) is 66.5 Å². The van der Waals surface area contributed by atoms with Crippen molar-refractivity contribution in [1.82, 2.24) is 0 Å². The van der Waals surface area contributed by atoms with Crippen molar-refractivity contribution in [3.8, 4) is 0 Å². The topological polar surface area (TPSA) is 155 Å². The number of aliphatic hydroxyl groups excluding tert-OH is 1. The van der Waals surface area contributed by atoms with Crippen LogP contribution in [0.2, 0.25) is 0 Å². The first-order chi connectivity index (χ1) is 34.2. The summed E-state index contributed by atoms with van der Waals surface area (Å²) < 4.78 is 39.5. The molecular weight excluding hydrogens is 904 g/mol. The third-order valence-electron chi connectivity index (χ3n) is 12.8. The molecule has 412 valence electrons. The summed E-state index contributed by atoms with van der Waals surface area (Å²) in [4.78, 5) is 48.5. The summed E-state index contributed by atoms with van der Waals surface area (Å²) in [5.74, 6) is -1.46. The number of unbranched alkanes of at least 4 members (excludes halogenated alkanes) is 34. The first kappa shape index (κ1) is 68.0. The van der Waals surface area contributed by atoms with Gasteiger partial charge in [0.15, 0.2) is 6.10 Å². The van der Waals surface area contributed by atoms with Gasteiger partial charge in [-0.05, 0) is 70.6 Å². The molecule has 0 saturated carbocycles. The zero-order chi connectivity index (χ0) is 51.3. The molecule has 0 rings (SSSR count). The van der Waals surface area contributed by atoms with Gasteiger partial charge in [-0.15, -0.1) is 0 Å². The first-order valence-corrected chi connectivity index (χ1v) is 30.7. The zero-order valence-corrected chi connectivity index (χ0v) is 46.4.